The van der Waals surface area contributed by atoms with Gasteiger partial charge in [0.1, 0.15) is 0 Å². The van der Waals surface area contributed by atoms with Crippen LogP contribution in [0.4, 0.5) is 0 Å². The molecule has 1 aliphatic heterocycles. The molecular weight excluding hydrogens is 256 g/mol. The Morgan fingerprint density at radius 1 is 1.35 bits per heavy atom. The summed E-state index contributed by atoms with van der Waals surface area (Å²) >= 11 is 0. The van der Waals surface area contributed by atoms with E-state index >= 15 is 0 Å². The first kappa shape index (κ1) is 16.4. The number of amides is 1. The standard InChI is InChI=1S/C15H22N2O3/c1-4-5-7-14(20)17-10-6-9-16(17)11-8-15(2,3)13(19)12-18/h1,12H,5-11H2,2-3H3. The van der Waals surface area contributed by atoms with Gasteiger partial charge in [0.15, 0.2) is 6.29 Å². The molecule has 1 heterocycles. The molecule has 0 aliphatic carbocycles. The lowest BCUT2D eigenvalue weighted by Crippen LogP contribution is -2.43. The van der Waals surface area contributed by atoms with Gasteiger partial charge in [0.05, 0.1) is 0 Å². The number of hydrogen-bond acceptors (Lipinski definition) is 4. The lowest BCUT2D eigenvalue weighted by atomic mass is 9.85. The first-order chi connectivity index (χ1) is 9.42. The summed E-state index contributed by atoms with van der Waals surface area (Å²) in [5.41, 5.74) is -0.683. The minimum absolute atomic E-state index is 0.0278. The van der Waals surface area contributed by atoms with Crippen molar-refractivity contribution in [2.45, 2.75) is 39.5 Å². The Kier molecular flexibility index (Phi) is 5.90. The van der Waals surface area contributed by atoms with Crippen molar-refractivity contribution in [3.8, 4) is 12.3 Å². The molecule has 0 N–H and O–H groups in total. The monoisotopic (exact) mass is 278 g/mol. The first-order valence-corrected chi connectivity index (χ1v) is 6.90. The average Bonchev–Trinajstić information content (AvgIpc) is 2.90. The van der Waals surface area contributed by atoms with Gasteiger partial charge >= 0.3 is 0 Å². The van der Waals surface area contributed by atoms with Crippen LogP contribution in [0.1, 0.15) is 39.5 Å². The summed E-state index contributed by atoms with van der Waals surface area (Å²) in [5, 5.41) is 3.68. The molecule has 0 atom stereocenters. The van der Waals surface area contributed by atoms with Gasteiger partial charge in [-0.1, -0.05) is 13.8 Å². The zero-order valence-electron chi connectivity index (χ0n) is 12.2. The summed E-state index contributed by atoms with van der Waals surface area (Å²) in [5.74, 6) is 2.09. The summed E-state index contributed by atoms with van der Waals surface area (Å²) in [6.07, 6.45) is 7.80. The second kappa shape index (κ2) is 7.20. The second-order valence-electron chi connectivity index (χ2n) is 5.64. The predicted molar refractivity (Wildman–Crippen MR) is 75.4 cm³/mol. The third-order valence-corrected chi connectivity index (χ3v) is 3.67. The van der Waals surface area contributed by atoms with Crippen molar-refractivity contribution in [3.63, 3.8) is 0 Å². The molecule has 1 aliphatic rings. The van der Waals surface area contributed by atoms with E-state index in [0.29, 0.717) is 38.6 Å². The van der Waals surface area contributed by atoms with E-state index in [9.17, 15) is 14.4 Å². The molecule has 1 saturated heterocycles. The van der Waals surface area contributed by atoms with Gasteiger partial charge in [0.25, 0.3) is 0 Å². The third kappa shape index (κ3) is 4.17. The molecule has 0 radical (unpaired) electrons. The number of carbonyl (C=O) groups is 3. The summed E-state index contributed by atoms with van der Waals surface area (Å²) in [6.45, 7) is 5.60. The number of terminal acetylenes is 1. The number of nitrogens with zero attached hydrogens (tertiary/aromatic N) is 2. The van der Waals surface area contributed by atoms with Crippen molar-refractivity contribution in [1.82, 2.24) is 10.0 Å². The number of aldehydes is 1. The fourth-order valence-electron chi connectivity index (χ4n) is 2.18. The molecule has 1 rings (SSSR count). The van der Waals surface area contributed by atoms with Crippen LogP contribution in [0.15, 0.2) is 0 Å². The molecule has 0 aromatic rings. The molecule has 0 unspecified atom stereocenters. The van der Waals surface area contributed by atoms with Crippen LogP contribution in [0.2, 0.25) is 0 Å². The topological polar surface area (TPSA) is 57.7 Å². The van der Waals surface area contributed by atoms with E-state index < -0.39 is 11.2 Å². The molecule has 5 heteroatoms. The van der Waals surface area contributed by atoms with Crippen LogP contribution >= 0.6 is 0 Å². The van der Waals surface area contributed by atoms with Crippen molar-refractivity contribution in [3.05, 3.63) is 0 Å². The van der Waals surface area contributed by atoms with E-state index in [-0.39, 0.29) is 5.91 Å². The van der Waals surface area contributed by atoms with Crippen LogP contribution < -0.4 is 0 Å². The maximum absolute atomic E-state index is 12.0. The highest BCUT2D eigenvalue weighted by Gasteiger charge is 2.31. The highest BCUT2D eigenvalue weighted by atomic mass is 16.2. The minimum atomic E-state index is -0.683. The van der Waals surface area contributed by atoms with Crippen molar-refractivity contribution in [2.24, 2.45) is 5.41 Å². The zero-order chi connectivity index (χ0) is 15.2. The number of carbonyl (C=O) groups excluding carboxylic acids is 3. The van der Waals surface area contributed by atoms with Crippen LogP contribution in [-0.2, 0) is 14.4 Å². The van der Waals surface area contributed by atoms with E-state index in [4.69, 9.17) is 6.42 Å². The van der Waals surface area contributed by atoms with Crippen LogP contribution in [-0.4, -0.2) is 47.6 Å². The fourth-order valence-corrected chi connectivity index (χ4v) is 2.18. The number of Topliss-reactive ketones (excluding diaryl/α,β-unsaturated/α-hetero) is 1. The lowest BCUT2D eigenvalue weighted by molar-refractivity contribution is -0.144. The van der Waals surface area contributed by atoms with Gasteiger partial charge < -0.3 is 0 Å². The Morgan fingerprint density at radius 2 is 2.05 bits per heavy atom. The molecule has 1 amide bonds. The largest absolute Gasteiger partial charge is 0.295 e. The highest BCUT2D eigenvalue weighted by Crippen LogP contribution is 2.23. The molecule has 1 fully saturated rings. The summed E-state index contributed by atoms with van der Waals surface area (Å²) in [6, 6.07) is 0. The summed E-state index contributed by atoms with van der Waals surface area (Å²) in [4.78, 5) is 34.1. The van der Waals surface area contributed by atoms with E-state index in [1.54, 1.807) is 18.9 Å². The van der Waals surface area contributed by atoms with Gasteiger partial charge in [0.2, 0.25) is 11.7 Å². The van der Waals surface area contributed by atoms with Crippen molar-refractivity contribution >= 4 is 18.0 Å². The number of rotatable bonds is 7. The summed E-state index contributed by atoms with van der Waals surface area (Å²) in [7, 11) is 0. The maximum Gasteiger partial charge on any atom is 0.237 e. The van der Waals surface area contributed by atoms with E-state index in [1.165, 1.54) is 0 Å². The van der Waals surface area contributed by atoms with E-state index in [0.717, 1.165) is 13.0 Å². The molecule has 0 saturated carbocycles. The highest BCUT2D eigenvalue weighted by molar-refractivity contribution is 6.27. The normalized spacial score (nSPS) is 15.9. The summed E-state index contributed by atoms with van der Waals surface area (Å²) < 4.78 is 0. The van der Waals surface area contributed by atoms with Crippen LogP contribution in [0, 0.1) is 17.8 Å². The first-order valence-electron chi connectivity index (χ1n) is 6.90. The SMILES string of the molecule is C#CCCC(=O)N1CCCN1CCC(C)(C)C(=O)C=O. The van der Waals surface area contributed by atoms with Gasteiger partial charge in [-0.05, 0) is 12.8 Å². The Labute approximate surface area is 120 Å². The Balaban J connectivity index is 2.54. The van der Waals surface area contributed by atoms with Crippen molar-refractivity contribution in [2.75, 3.05) is 19.6 Å². The third-order valence-electron chi connectivity index (χ3n) is 3.67. The zero-order valence-corrected chi connectivity index (χ0v) is 12.2. The molecule has 5 nitrogen and oxygen atoms in total. The van der Waals surface area contributed by atoms with Gasteiger partial charge in [-0.25, -0.2) is 5.01 Å². The van der Waals surface area contributed by atoms with Gasteiger partial charge in [0, 0.05) is 37.9 Å². The maximum atomic E-state index is 12.0. The lowest BCUT2D eigenvalue weighted by Gasteiger charge is -2.30. The molecule has 20 heavy (non-hydrogen) atoms. The smallest absolute Gasteiger partial charge is 0.237 e. The predicted octanol–water partition coefficient (Wildman–Crippen LogP) is 1.03. The molecular formula is C15H22N2O3. The average molecular weight is 278 g/mol. The molecule has 0 bridgehead atoms. The fraction of sp³-hybridized carbons (Fsp3) is 0.667. The number of ketones is 1. The van der Waals surface area contributed by atoms with Crippen LogP contribution in [0.3, 0.4) is 0 Å². The van der Waals surface area contributed by atoms with Gasteiger partial charge in [-0.3, -0.25) is 19.4 Å². The Bertz CT molecular complexity index is 423. The molecule has 110 valence electrons. The van der Waals surface area contributed by atoms with Crippen LogP contribution in [0.25, 0.3) is 0 Å². The van der Waals surface area contributed by atoms with Crippen molar-refractivity contribution < 1.29 is 14.4 Å². The van der Waals surface area contributed by atoms with Gasteiger partial charge in [-0.15, -0.1) is 12.3 Å². The quantitative estimate of drug-likeness (QED) is 0.396. The minimum Gasteiger partial charge on any atom is -0.295 e. The molecule has 0 aromatic carbocycles. The molecule has 0 aromatic heterocycles. The number of hydrogen-bond donors (Lipinski definition) is 0. The Hall–Kier alpha value is -1.67. The molecule has 0 spiro atoms. The van der Waals surface area contributed by atoms with Crippen LogP contribution in [0.5, 0.6) is 0 Å². The number of hydrazine groups is 1. The Morgan fingerprint density at radius 3 is 2.65 bits per heavy atom. The van der Waals surface area contributed by atoms with Gasteiger partial charge in [-0.2, -0.15) is 0 Å². The van der Waals surface area contributed by atoms with E-state index in [1.807, 2.05) is 5.01 Å². The van der Waals surface area contributed by atoms with Crippen molar-refractivity contribution in [1.29, 1.82) is 0 Å². The second-order valence-corrected chi connectivity index (χ2v) is 5.64. The van der Waals surface area contributed by atoms with E-state index in [2.05, 4.69) is 5.92 Å².